The molecule has 2 aromatic rings. The number of sulfonamides is 1. The normalized spacial score (nSPS) is 18.3. The van der Waals surface area contributed by atoms with Gasteiger partial charge in [-0.15, -0.1) is 0 Å². The highest BCUT2D eigenvalue weighted by atomic mass is 32.2. The standard InChI is InChI=1S/C15H19N3O4S/c1-21-14-4-2-11(3-5-14)8-12-9-18(13-6-7-22-10-13)17-15(12)23(16,19)20/h2-5,9,13H,6-8,10H2,1H3,(H2,16,19,20). The van der Waals surface area contributed by atoms with E-state index in [0.717, 1.165) is 17.7 Å². The number of rotatable bonds is 5. The van der Waals surface area contributed by atoms with Crippen molar-refractivity contribution in [3.05, 3.63) is 41.6 Å². The monoisotopic (exact) mass is 337 g/mol. The lowest BCUT2D eigenvalue weighted by Gasteiger charge is -2.06. The van der Waals surface area contributed by atoms with Crippen molar-refractivity contribution in [3.8, 4) is 5.75 Å². The van der Waals surface area contributed by atoms with E-state index in [1.54, 1.807) is 18.0 Å². The Labute approximate surface area is 135 Å². The fourth-order valence-corrected chi connectivity index (χ4v) is 3.35. The summed E-state index contributed by atoms with van der Waals surface area (Å²) in [6.07, 6.45) is 3.00. The molecule has 1 unspecified atom stereocenters. The molecule has 8 heteroatoms. The summed E-state index contributed by atoms with van der Waals surface area (Å²) in [5.74, 6) is 0.749. The molecule has 1 aromatic heterocycles. The predicted octanol–water partition coefficient (Wildman–Crippen LogP) is 1.09. The highest BCUT2D eigenvalue weighted by molar-refractivity contribution is 7.89. The van der Waals surface area contributed by atoms with Crippen molar-refractivity contribution in [3.63, 3.8) is 0 Å². The van der Waals surface area contributed by atoms with E-state index in [2.05, 4.69) is 5.10 Å². The Bertz CT molecular complexity index is 778. The van der Waals surface area contributed by atoms with Gasteiger partial charge in [0.1, 0.15) is 5.75 Å². The topological polar surface area (TPSA) is 96.4 Å². The summed E-state index contributed by atoms with van der Waals surface area (Å²) in [5.41, 5.74) is 1.54. The number of aromatic nitrogens is 2. The van der Waals surface area contributed by atoms with Crippen LogP contribution in [-0.4, -0.2) is 38.5 Å². The largest absolute Gasteiger partial charge is 0.497 e. The molecule has 0 bridgehead atoms. The van der Waals surface area contributed by atoms with Gasteiger partial charge in [-0.05, 0) is 24.1 Å². The Kier molecular flexibility index (Phi) is 4.38. The first-order chi connectivity index (χ1) is 11.0. The van der Waals surface area contributed by atoms with E-state index in [9.17, 15) is 8.42 Å². The number of primary sulfonamides is 1. The summed E-state index contributed by atoms with van der Waals surface area (Å²) in [7, 11) is -2.27. The van der Waals surface area contributed by atoms with E-state index in [-0.39, 0.29) is 11.1 Å². The van der Waals surface area contributed by atoms with Crippen LogP contribution in [0.15, 0.2) is 35.5 Å². The molecule has 2 N–H and O–H groups in total. The third-order valence-corrected chi connectivity index (χ3v) is 4.75. The van der Waals surface area contributed by atoms with Crippen LogP contribution in [0.25, 0.3) is 0 Å². The quantitative estimate of drug-likeness (QED) is 0.881. The maximum Gasteiger partial charge on any atom is 0.257 e. The van der Waals surface area contributed by atoms with E-state index in [1.165, 1.54) is 0 Å². The molecular weight excluding hydrogens is 318 g/mol. The minimum atomic E-state index is -3.87. The zero-order valence-corrected chi connectivity index (χ0v) is 13.6. The summed E-state index contributed by atoms with van der Waals surface area (Å²) in [4.78, 5) is 0. The fourth-order valence-electron chi connectivity index (χ4n) is 2.65. The molecule has 0 aliphatic carbocycles. The van der Waals surface area contributed by atoms with Crippen molar-refractivity contribution >= 4 is 10.0 Å². The zero-order valence-electron chi connectivity index (χ0n) is 12.8. The summed E-state index contributed by atoms with van der Waals surface area (Å²) in [5, 5.41) is 9.44. The second-order valence-corrected chi connectivity index (χ2v) is 7.00. The van der Waals surface area contributed by atoms with E-state index in [4.69, 9.17) is 14.6 Å². The van der Waals surface area contributed by atoms with Crippen molar-refractivity contribution < 1.29 is 17.9 Å². The van der Waals surface area contributed by atoms with Crippen LogP contribution in [0.4, 0.5) is 0 Å². The second kappa shape index (κ2) is 6.31. The molecule has 3 rings (SSSR count). The van der Waals surface area contributed by atoms with Gasteiger partial charge in [0.2, 0.25) is 0 Å². The average molecular weight is 337 g/mol. The summed E-state index contributed by atoms with van der Waals surface area (Å²) >= 11 is 0. The maximum absolute atomic E-state index is 11.8. The van der Waals surface area contributed by atoms with E-state index in [0.29, 0.717) is 25.2 Å². The van der Waals surface area contributed by atoms with Crippen molar-refractivity contribution in [1.82, 2.24) is 9.78 Å². The van der Waals surface area contributed by atoms with Gasteiger partial charge >= 0.3 is 0 Å². The number of methoxy groups -OCH3 is 1. The van der Waals surface area contributed by atoms with Gasteiger partial charge in [0, 0.05) is 24.8 Å². The van der Waals surface area contributed by atoms with E-state index in [1.807, 2.05) is 24.3 Å². The molecule has 1 atom stereocenters. The first-order valence-corrected chi connectivity index (χ1v) is 8.83. The molecule has 0 amide bonds. The molecular formula is C15H19N3O4S. The number of nitrogens with two attached hydrogens (primary N) is 1. The average Bonchev–Trinajstić information content (AvgIpc) is 3.16. The first-order valence-electron chi connectivity index (χ1n) is 7.29. The molecule has 23 heavy (non-hydrogen) atoms. The third kappa shape index (κ3) is 3.54. The molecule has 2 heterocycles. The van der Waals surface area contributed by atoms with Gasteiger partial charge in [-0.2, -0.15) is 5.10 Å². The highest BCUT2D eigenvalue weighted by Gasteiger charge is 2.24. The zero-order chi connectivity index (χ0) is 16.4. The van der Waals surface area contributed by atoms with Crippen molar-refractivity contribution in [2.45, 2.75) is 23.9 Å². The summed E-state index contributed by atoms with van der Waals surface area (Å²) in [6, 6.07) is 7.51. The first kappa shape index (κ1) is 16.0. The van der Waals surface area contributed by atoms with Gasteiger partial charge in [-0.25, -0.2) is 13.6 Å². The minimum Gasteiger partial charge on any atom is -0.497 e. The van der Waals surface area contributed by atoms with Gasteiger partial charge in [0.25, 0.3) is 10.0 Å². The van der Waals surface area contributed by atoms with Crippen molar-refractivity contribution in [2.24, 2.45) is 5.14 Å². The molecule has 124 valence electrons. The van der Waals surface area contributed by atoms with Gasteiger partial charge in [0.05, 0.1) is 19.8 Å². The van der Waals surface area contributed by atoms with Crippen molar-refractivity contribution in [1.29, 1.82) is 0 Å². The highest BCUT2D eigenvalue weighted by Crippen LogP contribution is 2.24. The predicted molar refractivity (Wildman–Crippen MR) is 83.9 cm³/mol. The molecule has 1 saturated heterocycles. The van der Waals surface area contributed by atoms with Crippen LogP contribution in [0.2, 0.25) is 0 Å². The Balaban J connectivity index is 1.92. The molecule has 1 aromatic carbocycles. The van der Waals surface area contributed by atoms with Gasteiger partial charge in [-0.3, -0.25) is 4.68 Å². The van der Waals surface area contributed by atoms with E-state index >= 15 is 0 Å². The van der Waals surface area contributed by atoms with Crippen molar-refractivity contribution in [2.75, 3.05) is 20.3 Å². The molecule has 1 aliphatic rings. The third-order valence-electron chi connectivity index (χ3n) is 3.87. The van der Waals surface area contributed by atoms with Crippen LogP contribution in [0.1, 0.15) is 23.6 Å². The number of hydrogen-bond acceptors (Lipinski definition) is 5. The van der Waals surface area contributed by atoms with Crippen LogP contribution < -0.4 is 9.88 Å². The number of ether oxygens (including phenoxy) is 2. The van der Waals surface area contributed by atoms with Crippen LogP contribution in [0.3, 0.4) is 0 Å². The molecule has 1 fully saturated rings. The fraction of sp³-hybridized carbons (Fsp3) is 0.400. The molecule has 1 aliphatic heterocycles. The summed E-state index contributed by atoms with van der Waals surface area (Å²) < 4.78 is 35.8. The van der Waals surface area contributed by atoms with Gasteiger partial charge < -0.3 is 9.47 Å². The second-order valence-electron chi connectivity index (χ2n) is 5.53. The molecule has 0 spiro atoms. The number of benzene rings is 1. The lowest BCUT2D eigenvalue weighted by Crippen LogP contribution is -2.16. The lowest BCUT2D eigenvalue weighted by molar-refractivity contribution is 0.184. The lowest BCUT2D eigenvalue weighted by atomic mass is 10.1. The van der Waals surface area contributed by atoms with Gasteiger partial charge in [0.15, 0.2) is 5.03 Å². The van der Waals surface area contributed by atoms with Crippen LogP contribution in [-0.2, 0) is 21.2 Å². The Morgan fingerprint density at radius 1 is 1.39 bits per heavy atom. The Morgan fingerprint density at radius 2 is 2.13 bits per heavy atom. The molecule has 7 nitrogen and oxygen atoms in total. The van der Waals surface area contributed by atoms with Crippen LogP contribution in [0, 0.1) is 0 Å². The molecule has 0 radical (unpaired) electrons. The Morgan fingerprint density at radius 3 is 2.70 bits per heavy atom. The molecule has 0 saturated carbocycles. The summed E-state index contributed by atoms with van der Waals surface area (Å²) in [6.45, 7) is 1.19. The maximum atomic E-state index is 11.8. The number of nitrogens with zero attached hydrogens (tertiary/aromatic N) is 2. The van der Waals surface area contributed by atoms with Crippen LogP contribution in [0.5, 0.6) is 5.75 Å². The number of hydrogen-bond donors (Lipinski definition) is 1. The van der Waals surface area contributed by atoms with Crippen LogP contribution >= 0.6 is 0 Å². The Hall–Kier alpha value is -1.90. The SMILES string of the molecule is COc1ccc(Cc2cn(C3CCOC3)nc2S(N)(=O)=O)cc1. The smallest absolute Gasteiger partial charge is 0.257 e. The van der Waals surface area contributed by atoms with Gasteiger partial charge in [-0.1, -0.05) is 12.1 Å². The minimum absolute atomic E-state index is 0.0557. The van der Waals surface area contributed by atoms with E-state index < -0.39 is 10.0 Å².